The maximum atomic E-state index is 11.7. The van der Waals surface area contributed by atoms with Crippen molar-refractivity contribution in [2.24, 2.45) is 0 Å². The second kappa shape index (κ2) is 4.71. The lowest BCUT2D eigenvalue weighted by molar-refractivity contribution is 0.102. The number of fused-ring (bicyclic) bond motifs is 1. The fourth-order valence-electron chi connectivity index (χ4n) is 1.71. The fraction of sp³-hybridized carbons (Fsp3) is 0.167. The minimum absolute atomic E-state index is 0.0373. The Morgan fingerprint density at radius 2 is 2.12 bits per heavy atom. The number of benzene rings is 1. The van der Waals surface area contributed by atoms with Crippen LogP contribution in [0.25, 0.3) is 10.9 Å². The zero-order valence-electron chi connectivity index (χ0n) is 9.12. The van der Waals surface area contributed by atoms with Crippen molar-refractivity contribution in [3.05, 3.63) is 40.2 Å². The number of methoxy groups -OCH3 is 1. The van der Waals surface area contributed by atoms with E-state index in [0.29, 0.717) is 22.2 Å². The van der Waals surface area contributed by atoms with Gasteiger partial charge >= 0.3 is 0 Å². The summed E-state index contributed by atoms with van der Waals surface area (Å²) >= 11 is 3.13. The summed E-state index contributed by atoms with van der Waals surface area (Å²) in [5, 5.41) is 0.932. The Morgan fingerprint density at radius 3 is 2.76 bits per heavy atom. The quantitative estimate of drug-likeness (QED) is 0.697. The van der Waals surface area contributed by atoms with Crippen LogP contribution in [0.15, 0.2) is 29.1 Å². The highest BCUT2D eigenvalue weighted by Crippen LogP contribution is 2.26. The number of hydrogen-bond acceptors (Lipinski definition) is 3. The van der Waals surface area contributed by atoms with Crippen LogP contribution in [0.3, 0.4) is 0 Å². The predicted octanol–water partition coefficient (Wildman–Crippen LogP) is 2.11. The first-order chi connectivity index (χ1) is 8.17. The molecule has 0 radical (unpaired) electrons. The molecule has 0 spiro atoms. The fourth-order valence-corrected chi connectivity index (χ4v) is 2.01. The molecular formula is C12H10BrNO3. The Hall–Kier alpha value is -1.62. The number of hydrogen-bond donors (Lipinski definition) is 1. The molecule has 0 atom stereocenters. The Balaban J connectivity index is 2.82. The number of halogens is 1. The van der Waals surface area contributed by atoms with Crippen molar-refractivity contribution in [2.45, 2.75) is 0 Å². The molecule has 0 aliphatic heterocycles. The van der Waals surface area contributed by atoms with E-state index in [1.807, 2.05) is 0 Å². The molecular weight excluding hydrogens is 286 g/mol. The highest BCUT2D eigenvalue weighted by Gasteiger charge is 2.12. The molecule has 2 aromatic rings. The van der Waals surface area contributed by atoms with Crippen molar-refractivity contribution >= 4 is 32.6 Å². The summed E-state index contributed by atoms with van der Waals surface area (Å²) in [6, 6.07) is 6.40. The number of nitrogens with one attached hydrogen (secondary N) is 1. The highest BCUT2D eigenvalue weighted by molar-refractivity contribution is 9.09. The first kappa shape index (κ1) is 11.9. The average molecular weight is 296 g/mol. The van der Waals surface area contributed by atoms with E-state index >= 15 is 0 Å². The number of Topliss-reactive ketones (excluding diaryl/α,β-unsaturated/α-hetero) is 1. The van der Waals surface area contributed by atoms with Gasteiger partial charge in [-0.3, -0.25) is 9.59 Å². The number of H-pyrrole nitrogens is 1. The first-order valence-corrected chi connectivity index (χ1v) is 6.08. The smallest absolute Gasteiger partial charge is 0.248 e. The molecule has 0 fully saturated rings. The number of aromatic nitrogens is 1. The van der Waals surface area contributed by atoms with E-state index in [9.17, 15) is 9.59 Å². The molecule has 0 bridgehead atoms. The zero-order valence-corrected chi connectivity index (χ0v) is 10.7. The summed E-state index contributed by atoms with van der Waals surface area (Å²) in [7, 11) is 1.52. The maximum Gasteiger partial charge on any atom is 0.248 e. The summed E-state index contributed by atoms with van der Waals surface area (Å²) in [4.78, 5) is 25.7. The molecule has 0 saturated heterocycles. The van der Waals surface area contributed by atoms with Crippen LogP contribution in [0.2, 0.25) is 0 Å². The van der Waals surface area contributed by atoms with Gasteiger partial charge in [0.05, 0.1) is 18.0 Å². The standard InChI is InChI=1S/C12H10BrNO3/c1-17-10-4-2-7(9(15)6-13)8-3-5-11(16)14-12(8)10/h2-5H,6H2,1H3,(H,14,16). The van der Waals surface area contributed by atoms with Crippen molar-refractivity contribution in [2.75, 3.05) is 12.4 Å². The number of alkyl halides is 1. The lowest BCUT2D eigenvalue weighted by Gasteiger charge is -2.08. The molecule has 0 unspecified atom stereocenters. The molecule has 1 aromatic heterocycles. The number of carbonyl (C=O) groups excluding carboxylic acids is 1. The zero-order chi connectivity index (χ0) is 12.4. The van der Waals surface area contributed by atoms with Crippen molar-refractivity contribution in [1.82, 2.24) is 4.98 Å². The molecule has 1 N–H and O–H groups in total. The predicted molar refractivity (Wildman–Crippen MR) is 69.2 cm³/mol. The van der Waals surface area contributed by atoms with Crippen LogP contribution < -0.4 is 10.3 Å². The molecule has 0 saturated carbocycles. The van der Waals surface area contributed by atoms with Crippen LogP contribution in [0.1, 0.15) is 10.4 Å². The van der Waals surface area contributed by atoms with Gasteiger partial charge in [0.2, 0.25) is 5.56 Å². The van der Waals surface area contributed by atoms with E-state index in [1.54, 1.807) is 18.2 Å². The van der Waals surface area contributed by atoms with Gasteiger partial charge in [0.25, 0.3) is 0 Å². The topological polar surface area (TPSA) is 59.2 Å². The average Bonchev–Trinajstić information content (AvgIpc) is 2.36. The monoisotopic (exact) mass is 295 g/mol. The van der Waals surface area contributed by atoms with Gasteiger partial charge in [0.15, 0.2) is 5.78 Å². The third kappa shape index (κ3) is 2.10. The lowest BCUT2D eigenvalue weighted by Crippen LogP contribution is -2.07. The number of carbonyl (C=O) groups is 1. The molecule has 4 nitrogen and oxygen atoms in total. The van der Waals surface area contributed by atoms with Gasteiger partial charge in [-0.2, -0.15) is 0 Å². The van der Waals surface area contributed by atoms with E-state index < -0.39 is 0 Å². The number of ketones is 1. The molecule has 5 heteroatoms. The van der Waals surface area contributed by atoms with E-state index in [1.165, 1.54) is 13.2 Å². The Labute approximate surface area is 106 Å². The molecule has 88 valence electrons. The van der Waals surface area contributed by atoms with Crippen LogP contribution >= 0.6 is 15.9 Å². The summed E-state index contributed by atoms with van der Waals surface area (Å²) in [6.45, 7) is 0. The first-order valence-electron chi connectivity index (χ1n) is 4.96. The van der Waals surface area contributed by atoms with Crippen LogP contribution in [-0.4, -0.2) is 23.2 Å². The molecule has 0 aliphatic rings. The van der Waals surface area contributed by atoms with E-state index in [4.69, 9.17) is 4.74 Å². The Morgan fingerprint density at radius 1 is 1.35 bits per heavy atom. The summed E-state index contributed by atoms with van der Waals surface area (Å²) in [5.41, 5.74) is 0.889. The second-order valence-corrected chi connectivity index (χ2v) is 4.04. The molecule has 0 amide bonds. The molecule has 17 heavy (non-hydrogen) atoms. The minimum atomic E-state index is -0.223. The summed E-state index contributed by atoms with van der Waals surface area (Å²) < 4.78 is 5.16. The van der Waals surface area contributed by atoms with Crippen LogP contribution in [-0.2, 0) is 0 Å². The van der Waals surface area contributed by atoms with E-state index in [-0.39, 0.29) is 16.7 Å². The Bertz CT molecular complexity index is 633. The number of rotatable bonds is 3. The van der Waals surface area contributed by atoms with Gasteiger partial charge in [-0.15, -0.1) is 0 Å². The molecule has 2 rings (SSSR count). The Kier molecular flexibility index (Phi) is 3.28. The van der Waals surface area contributed by atoms with Crippen molar-refractivity contribution in [3.8, 4) is 5.75 Å². The van der Waals surface area contributed by atoms with Gasteiger partial charge in [-0.05, 0) is 18.2 Å². The van der Waals surface area contributed by atoms with E-state index in [0.717, 1.165) is 0 Å². The third-order valence-corrected chi connectivity index (χ3v) is 3.01. The van der Waals surface area contributed by atoms with Gasteiger partial charge in [-0.25, -0.2) is 0 Å². The highest BCUT2D eigenvalue weighted by atomic mass is 79.9. The number of pyridine rings is 1. The van der Waals surface area contributed by atoms with Crippen molar-refractivity contribution < 1.29 is 9.53 Å². The van der Waals surface area contributed by atoms with Gasteiger partial charge in [0.1, 0.15) is 5.75 Å². The lowest BCUT2D eigenvalue weighted by atomic mass is 10.0. The second-order valence-electron chi connectivity index (χ2n) is 3.48. The molecule has 0 aliphatic carbocycles. The SMILES string of the molecule is COc1ccc(C(=O)CBr)c2ccc(=O)[nH]c12. The third-order valence-electron chi connectivity index (χ3n) is 2.50. The van der Waals surface area contributed by atoms with Gasteiger partial charge in [-0.1, -0.05) is 15.9 Å². The van der Waals surface area contributed by atoms with Crippen molar-refractivity contribution in [1.29, 1.82) is 0 Å². The minimum Gasteiger partial charge on any atom is -0.495 e. The van der Waals surface area contributed by atoms with E-state index in [2.05, 4.69) is 20.9 Å². The molecule has 1 aromatic carbocycles. The van der Waals surface area contributed by atoms with Crippen LogP contribution in [0.5, 0.6) is 5.75 Å². The number of aromatic amines is 1. The van der Waals surface area contributed by atoms with Crippen LogP contribution in [0, 0.1) is 0 Å². The largest absolute Gasteiger partial charge is 0.495 e. The number of ether oxygens (including phenoxy) is 1. The summed E-state index contributed by atoms with van der Waals surface area (Å²) in [6.07, 6.45) is 0. The summed E-state index contributed by atoms with van der Waals surface area (Å²) in [5.74, 6) is 0.508. The van der Waals surface area contributed by atoms with Crippen LogP contribution in [0.4, 0.5) is 0 Å². The maximum absolute atomic E-state index is 11.7. The van der Waals surface area contributed by atoms with Gasteiger partial charge < -0.3 is 9.72 Å². The molecule has 1 heterocycles. The normalized spacial score (nSPS) is 10.5. The van der Waals surface area contributed by atoms with Crippen molar-refractivity contribution in [3.63, 3.8) is 0 Å². The van der Waals surface area contributed by atoms with Gasteiger partial charge in [0, 0.05) is 17.0 Å².